The second-order valence-corrected chi connectivity index (χ2v) is 7.70. The van der Waals surface area contributed by atoms with Crippen molar-refractivity contribution in [1.29, 1.82) is 0 Å². The van der Waals surface area contributed by atoms with E-state index in [1.54, 1.807) is 16.5 Å². The van der Waals surface area contributed by atoms with Crippen molar-refractivity contribution in [3.05, 3.63) is 81.4 Å². The Morgan fingerprint density at radius 3 is 2.30 bits per heavy atom. The first kappa shape index (κ1) is 20.6. The van der Waals surface area contributed by atoms with E-state index in [1.807, 2.05) is 25.1 Å². The molecule has 0 N–H and O–H groups in total. The predicted octanol–water partition coefficient (Wildman–Crippen LogP) is 3.34. The minimum Gasteiger partial charge on any atom is -0.297 e. The summed E-state index contributed by atoms with van der Waals surface area (Å²) < 4.78 is 40.3. The van der Waals surface area contributed by atoms with Gasteiger partial charge in [-0.1, -0.05) is 24.3 Å². The molecule has 1 aromatic carbocycles. The quantitative estimate of drug-likeness (QED) is 0.654. The number of hydrogen-bond acceptors (Lipinski definition) is 4. The number of alkyl halides is 3. The lowest BCUT2D eigenvalue weighted by molar-refractivity contribution is -0.137. The van der Waals surface area contributed by atoms with Crippen LogP contribution in [-0.4, -0.2) is 45.4 Å². The molecule has 3 heterocycles. The maximum absolute atomic E-state index is 12.9. The van der Waals surface area contributed by atoms with Crippen molar-refractivity contribution in [3.8, 4) is 0 Å². The second-order valence-electron chi connectivity index (χ2n) is 7.70. The van der Waals surface area contributed by atoms with Crippen LogP contribution in [0.25, 0.3) is 5.65 Å². The summed E-state index contributed by atoms with van der Waals surface area (Å²) in [5.41, 5.74) is 2.19. The van der Waals surface area contributed by atoms with E-state index < -0.39 is 11.7 Å². The fraction of sp³-hybridized carbons (Fsp3) is 0.364. The third-order valence-electron chi connectivity index (χ3n) is 5.44. The van der Waals surface area contributed by atoms with Gasteiger partial charge in [-0.2, -0.15) is 13.2 Å². The number of nitrogens with zero attached hydrogens (tertiary/aromatic N) is 4. The zero-order chi connectivity index (χ0) is 21.3. The van der Waals surface area contributed by atoms with Crippen LogP contribution in [0.15, 0.2) is 53.3 Å². The first-order valence-corrected chi connectivity index (χ1v) is 9.89. The van der Waals surface area contributed by atoms with Gasteiger partial charge in [0, 0.05) is 51.0 Å². The Hall–Kier alpha value is -2.71. The number of hydrogen-bond donors (Lipinski definition) is 0. The Morgan fingerprint density at radius 1 is 0.933 bits per heavy atom. The Labute approximate surface area is 172 Å². The highest BCUT2D eigenvalue weighted by Gasteiger charge is 2.30. The van der Waals surface area contributed by atoms with Gasteiger partial charge in [0.05, 0.1) is 11.3 Å². The summed E-state index contributed by atoms with van der Waals surface area (Å²) in [6.45, 7) is 5.99. The Morgan fingerprint density at radius 2 is 1.60 bits per heavy atom. The van der Waals surface area contributed by atoms with Crippen LogP contribution in [0.1, 0.15) is 22.5 Å². The summed E-state index contributed by atoms with van der Waals surface area (Å²) in [6, 6.07) is 12.7. The third kappa shape index (κ3) is 4.55. The molecule has 0 saturated carbocycles. The molecule has 1 fully saturated rings. The number of benzene rings is 1. The lowest BCUT2D eigenvalue weighted by Crippen LogP contribution is -2.45. The maximum atomic E-state index is 12.9. The normalized spacial score (nSPS) is 16.3. The molecule has 0 bridgehead atoms. The van der Waals surface area contributed by atoms with Crippen molar-refractivity contribution in [3.63, 3.8) is 0 Å². The summed E-state index contributed by atoms with van der Waals surface area (Å²) in [5.74, 6) is 0. The molecule has 2 aromatic heterocycles. The van der Waals surface area contributed by atoms with Crippen LogP contribution < -0.4 is 5.56 Å². The van der Waals surface area contributed by atoms with E-state index in [9.17, 15) is 18.0 Å². The minimum absolute atomic E-state index is 0.0868. The van der Waals surface area contributed by atoms with Gasteiger partial charge in [-0.15, -0.1) is 0 Å². The van der Waals surface area contributed by atoms with Gasteiger partial charge in [-0.05, 0) is 30.7 Å². The zero-order valence-corrected chi connectivity index (χ0v) is 16.7. The molecule has 5 nitrogen and oxygen atoms in total. The summed E-state index contributed by atoms with van der Waals surface area (Å²) in [7, 11) is 0. The number of pyridine rings is 1. The van der Waals surface area contributed by atoms with E-state index in [4.69, 9.17) is 0 Å². The lowest BCUT2D eigenvalue weighted by Gasteiger charge is -2.34. The number of halogens is 3. The highest BCUT2D eigenvalue weighted by molar-refractivity contribution is 5.40. The smallest absolute Gasteiger partial charge is 0.297 e. The fourth-order valence-corrected chi connectivity index (χ4v) is 3.88. The fourth-order valence-electron chi connectivity index (χ4n) is 3.88. The highest BCUT2D eigenvalue weighted by Crippen LogP contribution is 2.29. The maximum Gasteiger partial charge on any atom is 0.416 e. The molecule has 4 rings (SSSR count). The number of rotatable bonds is 4. The summed E-state index contributed by atoms with van der Waals surface area (Å²) in [4.78, 5) is 21.4. The van der Waals surface area contributed by atoms with Gasteiger partial charge in [0.25, 0.3) is 5.56 Å². The van der Waals surface area contributed by atoms with E-state index in [2.05, 4.69) is 14.8 Å². The number of fused-ring (bicyclic) bond motifs is 1. The van der Waals surface area contributed by atoms with Gasteiger partial charge in [-0.25, -0.2) is 4.98 Å². The molecule has 0 amide bonds. The van der Waals surface area contributed by atoms with Crippen LogP contribution in [0.2, 0.25) is 0 Å². The summed E-state index contributed by atoms with van der Waals surface area (Å²) in [6.07, 6.45) is -4.32. The van der Waals surface area contributed by atoms with Crippen LogP contribution in [0.4, 0.5) is 13.2 Å². The first-order chi connectivity index (χ1) is 14.3. The standard InChI is InChI=1S/C22H23F3N4O/c1-16-4-2-7-20-26-19(13-21(30)29(16)20)15-28-10-8-27(9-11-28)14-17-5-3-6-18(12-17)22(23,24)25/h2-7,12-13H,8-11,14-15H2,1H3. The number of piperazine rings is 1. The van der Waals surface area contributed by atoms with Crippen LogP contribution in [0.5, 0.6) is 0 Å². The van der Waals surface area contributed by atoms with E-state index in [-0.39, 0.29) is 5.56 Å². The van der Waals surface area contributed by atoms with Gasteiger partial charge < -0.3 is 0 Å². The van der Waals surface area contributed by atoms with E-state index >= 15 is 0 Å². The largest absolute Gasteiger partial charge is 0.416 e. The van der Waals surface area contributed by atoms with Crippen molar-refractivity contribution >= 4 is 5.65 Å². The van der Waals surface area contributed by atoms with Gasteiger partial charge in [-0.3, -0.25) is 19.0 Å². The predicted molar refractivity (Wildman–Crippen MR) is 108 cm³/mol. The van der Waals surface area contributed by atoms with Crippen molar-refractivity contribution in [2.45, 2.75) is 26.2 Å². The van der Waals surface area contributed by atoms with Gasteiger partial charge >= 0.3 is 6.18 Å². The molecule has 0 spiro atoms. The average Bonchev–Trinajstić information content (AvgIpc) is 2.69. The molecule has 1 aliphatic rings. The van der Waals surface area contributed by atoms with E-state index in [0.717, 1.165) is 43.6 Å². The average molecular weight is 416 g/mol. The summed E-state index contributed by atoms with van der Waals surface area (Å²) >= 11 is 0. The Balaban J connectivity index is 1.37. The molecule has 0 radical (unpaired) electrons. The molecule has 0 atom stereocenters. The lowest BCUT2D eigenvalue weighted by atomic mass is 10.1. The molecular formula is C22H23F3N4O. The molecule has 30 heavy (non-hydrogen) atoms. The zero-order valence-electron chi connectivity index (χ0n) is 16.7. The topological polar surface area (TPSA) is 40.9 Å². The van der Waals surface area contributed by atoms with Crippen LogP contribution in [-0.2, 0) is 19.3 Å². The molecule has 1 saturated heterocycles. The SMILES string of the molecule is Cc1cccc2nc(CN3CCN(Cc4cccc(C(F)(F)F)c4)CC3)cc(=O)n12. The Bertz CT molecular complexity index is 1100. The monoisotopic (exact) mass is 416 g/mol. The molecule has 1 aliphatic heterocycles. The van der Waals surface area contributed by atoms with E-state index in [1.165, 1.54) is 12.1 Å². The minimum atomic E-state index is -4.32. The van der Waals surface area contributed by atoms with E-state index in [0.29, 0.717) is 24.3 Å². The van der Waals surface area contributed by atoms with Gasteiger partial charge in [0.2, 0.25) is 0 Å². The van der Waals surface area contributed by atoms with Crippen molar-refractivity contribution in [1.82, 2.24) is 19.2 Å². The molecule has 3 aromatic rings. The molecule has 8 heteroatoms. The number of aryl methyl sites for hydroxylation is 1. The van der Waals surface area contributed by atoms with Crippen LogP contribution in [0.3, 0.4) is 0 Å². The van der Waals surface area contributed by atoms with Gasteiger partial charge in [0.15, 0.2) is 0 Å². The molecule has 0 aliphatic carbocycles. The van der Waals surface area contributed by atoms with Gasteiger partial charge in [0.1, 0.15) is 5.65 Å². The second kappa shape index (κ2) is 8.20. The van der Waals surface area contributed by atoms with Crippen LogP contribution >= 0.6 is 0 Å². The number of aromatic nitrogens is 2. The van der Waals surface area contributed by atoms with Crippen LogP contribution in [0, 0.1) is 6.92 Å². The highest BCUT2D eigenvalue weighted by atomic mass is 19.4. The van der Waals surface area contributed by atoms with Crippen molar-refractivity contribution in [2.24, 2.45) is 0 Å². The third-order valence-corrected chi connectivity index (χ3v) is 5.44. The first-order valence-electron chi connectivity index (χ1n) is 9.89. The molecule has 0 unspecified atom stereocenters. The van der Waals surface area contributed by atoms with Crippen molar-refractivity contribution in [2.75, 3.05) is 26.2 Å². The van der Waals surface area contributed by atoms with Crippen molar-refractivity contribution < 1.29 is 13.2 Å². The molecule has 158 valence electrons. The molecular weight excluding hydrogens is 393 g/mol. The Kier molecular flexibility index (Phi) is 5.62. The summed E-state index contributed by atoms with van der Waals surface area (Å²) in [5, 5.41) is 0.